The first kappa shape index (κ1) is 13.3. The van der Waals surface area contributed by atoms with Gasteiger partial charge in [-0.25, -0.2) is 4.68 Å². The molecule has 1 aliphatic rings. The molecule has 100 valence electrons. The third-order valence-electron chi connectivity index (χ3n) is 2.89. The number of hydrogen-bond donors (Lipinski definition) is 1. The van der Waals surface area contributed by atoms with Crippen LogP contribution in [0, 0.1) is 0 Å². The van der Waals surface area contributed by atoms with E-state index < -0.39 is 0 Å². The Labute approximate surface area is 110 Å². The molecule has 18 heavy (non-hydrogen) atoms. The Morgan fingerprint density at radius 2 is 2.39 bits per heavy atom. The van der Waals surface area contributed by atoms with E-state index >= 15 is 0 Å². The van der Waals surface area contributed by atoms with Gasteiger partial charge in [0, 0.05) is 19.6 Å². The van der Waals surface area contributed by atoms with Crippen molar-refractivity contribution in [1.82, 2.24) is 30.4 Å². The molecule has 0 aromatic carbocycles. The molecule has 1 aromatic heterocycles. The second kappa shape index (κ2) is 6.14. The maximum absolute atomic E-state index is 11.9. The molecular weight excluding hydrogens is 252 g/mol. The predicted octanol–water partition coefficient (Wildman–Crippen LogP) is -0.395. The molecule has 1 saturated carbocycles. The van der Waals surface area contributed by atoms with Crippen LogP contribution in [0.1, 0.15) is 12.8 Å². The van der Waals surface area contributed by atoms with E-state index in [0.29, 0.717) is 23.5 Å². The molecule has 1 N–H and O–H groups in total. The Morgan fingerprint density at radius 1 is 1.61 bits per heavy atom. The predicted molar refractivity (Wildman–Crippen MR) is 68.3 cm³/mol. The van der Waals surface area contributed by atoms with Crippen molar-refractivity contribution < 1.29 is 4.79 Å². The summed E-state index contributed by atoms with van der Waals surface area (Å²) in [6, 6.07) is 0.457. The molecule has 1 aromatic rings. The number of tetrazole rings is 1. The number of aromatic nitrogens is 4. The molecule has 0 atom stereocenters. The summed E-state index contributed by atoms with van der Waals surface area (Å²) in [5.74, 6) is 0.540. The van der Waals surface area contributed by atoms with Crippen LogP contribution in [0.15, 0.2) is 5.16 Å². The molecule has 0 bridgehead atoms. The van der Waals surface area contributed by atoms with E-state index in [1.165, 1.54) is 11.8 Å². The van der Waals surface area contributed by atoms with Gasteiger partial charge in [0.1, 0.15) is 0 Å². The molecular formula is C10H18N6OS. The fourth-order valence-electron chi connectivity index (χ4n) is 1.55. The molecule has 0 spiro atoms. The number of nitrogens with one attached hydrogen (secondary N) is 1. The lowest BCUT2D eigenvalue weighted by molar-refractivity contribution is -0.127. The monoisotopic (exact) mass is 270 g/mol. The normalized spacial score (nSPS) is 14.8. The van der Waals surface area contributed by atoms with Gasteiger partial charge in [0.05, 0.1) is 12.3 Å². The van der Waals surface area contributed by atoms with Crippen molar-refractivity contribution in [1.29, 1.82) is 0 Å². The number of carbonyl (C=O) groups is 1. The number of likely N-dealkylation sites (N-methyl/N-ethyl adjacent to an activating group) is 1. The van der Waals surface area contributed by atoms with Crippen LogP contribution < -0.4 is 5.32 Å². The maximum atomic E-state index is 11.9. The van der Waals surface area contributed by atoms with E-state index in [-0.39, 0.29) is 5.91 Å². The van der Waals surface area contributed by atoms with Crippen LogP contribution in [-0.4, -0.2) is 63.4 Å². The van der Waals surface area contributed by atoms with Crippen molar-refractivity contribution in [2.45, 2.75) is 30.6 Å². The van der Waals surface area contributed by atoms with Gasteiger partial charge in [-0.1, -0.05) is 11.8 Å². The van der Waals surface area contributed by atoms with Crippen molar-refractivity contribution in [3.63, 3.8) is 0 Å². The summed E-state index contributed by atoms with van der Waals surface area (Å²) in [4.78, 5) is 13.7. The minimum atomic E-state index is 0.144. The summed E-state index contributed by atoms with van der Waals surface area (Å²) in [6.45, 7) is 1.51. The standard InChI is InChI=1S/C10H18N6OS/c1-11-5-6-16-10(12-13-14-16)18-7-9(17)15(2)8-3-4-8/h8,11H,3-7H2,1-2H3. The van der Waals surface area contributed by atoms with Crippen molar-refractivity contribution in [2.24, 2.45) is 0 Å². The first-order valence-corrected chi connectivity index (χ1v) is 7.00. The summed E-state index contributed by atoms with van der Waals surface area (Å²) in [6.07, 6.45) is 2.26. The first-order valence-electron chi connectivity index (χ1n) is 6.01. The summed E-state index contributed by atoms with van der Waals surface area (Å²) in [5, 5.41) is 15.2. The molecule has 0 radical (unpaired) electrons. The van der Waals surface area contributed by atoms with E-state index in [9.17, 15) is 4.79 Å². The van der Waals surface area contributed by atoms with Crippen molar-refractivity contribution in [2.75, 3.05) is 26.4 Å². The van der Waals surface area contributed by atoms with E-state index in [1.54, 1.807) is 4.68 Å². The molecule has 0 aliphatic heterocycles. The average Bonchev–Trinajstić information content (AvgIpc) is 3.13. The maximum Gasteiger partial charge on any atom is 0.233 e. The number of thioether (sulfide) groups is 1. The fraction of sp³-hybridized carbons (Fsp3) is 0.800. The van der Waals surface area contributed by atoms with E-state index in [1.807, 2.05) is 19.0 Å². The number of carbonyl (C=O) groups excluding carboxylic acids is 1. The van der Waals surface area contributed by atoms with Crippen LogP contribution in [0.2, 0.25) is 0 Å². The topological polar surface area (TPSA) is 75.9 Å². The van der Waals surface area contributed by atoms with Crippen LogP contribution in [0.5, 0.6) is 0 Å². The lowest BCUT2D eigenvalue weighted by Gasteiger charge is -2.15. The van der Waals surface area contributed by atoms with Gasteiger partial charge in [0.25, 0.3) is 0 Å². The number of amides is 1. The average molecular weight is 270 g/mol. The van der Waals surface area contributed by atoms with Crippen molar-refractivity contribution in [3.8, 4) is 0 Å². The quantitative estimate of drug-likeness (QED) is 0.680. The Bertz CT molecular complexity index is 405. The van der Waals surface area contributed by atoms with Crippen LogP contribution in [0.3, 0.4) is 0 Å². The van der Waals surface area contributed by atoms with Crippen LogP contribution in [0.25, 0.3) is 0 Å². The molecule has 1 heterocycles. The SMILES string of the molecule is CNCCn1nnnc1SCC(=O)N(C)C1CC1. The third-order valence-corrected chi connectivity index (χ3v) is 3.83. The zero-order chi connectivity index (χ0) is 13.0. The van der Waals surface area contributed by atoms with Gasteiger partial charge in [-0.2, -0.15) is 0 Å². The fourth-order valence-corrected chi connectivity index (χ4v) is 2.38. The lowest BCUT2D eigenvalue weighted by atomic mass is 10.5. The minimum absolute atomic E-state index is 0.144. The number of rotatable bonds is 7. The number of nitrogens with zero attached hydrogens (tertiary/aromatic N) is 5. The van der Waals surface area contributed by atoms with Crippen LogP contribution >= 0.6 is 11.8 Å². The third kappa shape index (κ3) is 3.42. The Hall–Kier alpha value is -1.15. The van der Waals surface area contributed by atoms with Gasteiger partial charge in [-0.3, -0.25) is 4.79 Å². The highest BCUT2D eigenvalue weighted by Crippen LogP contribution is 2.26. The summed E-state index contributed by atoms with van der Waals surface area (Å²) in [5.41, 5.74) is 0. The van der Waals surface area contributed by atoms with Crippen molar-refractivity contribution in [3.05, 3.63) is 0 Å². The molecule has 1 amide bonds. The highest BCUT2D eigenvalue weighted by Gasteiger charge is 2.29. The van der Waals surface area contributed by atoms with E-state index in [4.69, 9.17) is 0 Å². The zero-order valence-electron chi connectivity index (χ0n) is 10.7. The lowest BCUT2D eigenvalue weighted by Crippen LogP contribution is -2.30. The summed E-state index contributed by atoms with van der Waals surface area (Å²) in [7, 11) is 3.75. The molecule has 1 aliphatic carbocycles. The highest BCUT2D eigenvalue weighted by molar-refractivity contribution is 7.99. The largest absolute Gasteiger partial charge is 0.342 e. The zero-order valence-corrected chi connectivity index (χ0v) is 11.5. The van der Waals surface area contributed by atoms with Gasteiger partial charge in [-0.05, 0) is 30.3 Å². The van der Waals surface area contributed by atoms with Gasteiger partial charge in [0.2, 0.25) is 11.1 Å². The van der Waals surface area contributed by atoms with Gasteiger partial charge in [-0.15, -0.1) is 5.10 Å². The second-order valence-corrected chi connectivity index (χ2v) is 5.26. The van der Waals surface area contributed by atoms with E-state index in [0.717, 1.165) is 19.4 Å². The Morgan fingerprint density at radius 3 is 3.06 bits per heavy atom. The summed E-state index contributed by atoms with van der Waals surface area (Å²) >= 11 is 1.39. The molecule has 2 rings (SSSR count). The molecule has 1 fully saturated rings. The van der Waals surface area contributed by atoms with Gasteiger partial charge in [0.15, 0.2) is 0 Å². The minimum Gasteiger partial charge on any atom is -0.342 e. The Kier molecular flexibility index (Phi) is 4.54. The van der Waals surface area contributed by atoms with Gasteiger partial charge >= 0.3 is 0 Å². The number of hydrogen-bond acceptors (Lipinski definition) is 6. The highest BCUT2D eigenvalue weighted by atomic mass is 32.2. The molecule has 8 heteroatoms. The summed E-state index contributed by atoms with van der Waals surface area (Å²) < 4.78 is 1.71. The van der Waals surface area contributed by atoms with Crippen molar-refractivity contribution >= 4 is 17.7 Å². The molecule has 0 unspecified atom stereocenters. The van der Waals surface area contributed by atoms with E-state index in [2.05, 4.69) is 20.8 Å². The second-order valence-electron chi connectivity index (χ2n) is 4.31. The smallest absolute Gasteiger partial charge is 0.233 e. The van der Waals surface area contributed by atoms with Gasteiger partial charge < -0.3 is 10.2 Å². The molecule has 7 nitrogen and oxygen atoms in total. The van der Waals surface area contributed by atoms with Crippen LogP contribution in [-0.2, 0) is 11.3 Å². The molecule has 0 saturated heterocycles. The first-order chi connectivity index (χ1) is 8.72. The van der Waals surface area contributed by atoms with Crippen LogP contribution in [0.4, 0.5) is 0 Å². The Balaban J connectivity index is 1.81.